The van der Waals surface area contributed by atoms with Crippen molar-refractivity contribution in [1.82, 2.24) is 15.4 Å². The molecule has 1 saturated heterocycles. The number of aromatic nitrogens is 1. The number of halogens is 1. The molecule has 1 N–H and O–H groups in total. The predicted molar refractivity (Wildman–Crippen MR) is 98.2 cm³/mol. The summed E-state index contributed by atoms with van der Waals surface area (Å²) in [6.45, 7) is 0. The maximum atomic E-state index is 12.4. The van der Waals surface area contributed by atoms with Crippen molar-refractivity contribution in [2.24, 2.45) is 0 Å². The Labute approximate surface area is 152 Å². The van der Waals surface area contributed by atoms with E-state index in [1.165, 1.54) is 6.07 Å². The highest BCUT2D eigenvalue weighted by molar-refractivity contribution is 8.26. The number of hydrogen-bond donors (Lipinski definition) is 1. The van der Waals surface area contributed by atoms with E-state index in [9.17, 15) is 9.59 Å². The fourth-order valence-corrected chi connectivity index (χ4v) is 3.34. The molecular weight excluding hydrogens is 366 g/mol. The van der Waals surface area contributed by atoms with Gasteiger partial charge in [0.2, 0.25) is 0 Å². The van der Waals surface area contributed by atoms with Gasteiger partial charge in [0, 0.05) is 23.0 Å². The van der Waals surface area contributed by atoms with E-state index in [-0.39, 0.29) is 10.2 Å². The van der Waals surface area contributed by atoms with Crippen molar-refractivity contribution in [3.63, 3.8) is 0 Å². The molecule has 0 radical (unpaired) electrons. The van der Waals surface area contributed by atoms with Crippen molar-refractivity contribution >= 4 is 57.8 Å². The lowest BCUT2D eigenvalue weighted by Gasteiger charge is -2.15. The van der Waals surface area contributed by atoms with Crippen LogP contribution in [0.4, 0.5) is 0 Å². The number of hydrazine groups is 1. The normalized spacial score (nSPS) is 15.9. The Hall–Kier alpha value is -2.22. The fourth-order valence-electron chi connectivity index (χ4n) is 1.97. The number of nitrogens with zero attached hydrogens (tertiary/aromatic N) is 2. The zero-order valence-corrected chi connectivity index (χ0v) is 14.5. The fraction of sp³-hybridized carbons (Fsp3) is 0. The molecule has 0 aliphatic carbocycles. The Morgan fingerprint density at radius 2 is 2.04 bits per heavy atom. The van der Waals surface area contributed by atoms with Crippen LogP contribution in [0.3, 0.4) is 0 Å². The molecule has 0 unspecified atom stereocenters. The third-order valence-corrected chi connectivity index (χ3v) is 4.63. The second-order valence-corrected chi connectivity index (χ2v) is 6.86. The zero-order valence-electron chi connectivity index (χ0n) is 12.1. The Bertz CT molecular complexity index is 855. The largest absolute Gasteiger partial charge is 0.285 e. The number of amides is 2. The molecule has 1 aromatic carbocycles. The van der Waals surface area contributed by atoms with Crippen LogP contribution in [-0.4, -0.2) is 26.1 Å². The lowest BCUT2D eigenvalue weighted by atomic mass is 10.2. The highest BCUT2D eigenvalue weighted by atomic mass is 35.5. The van der Waals surface area contributed by atoms with Gasteiger partial charge in [-0.15, -0.1) is 0 Å². The van der Waals surface area contributed by atoms with Crippen molar-refractivity contribution in [3.8, 4) is 0 Å². The molecule has 8 heteroatoms. The summed E-state index contributed by atoms with van der Waals surface area (Å²) in [6, 6.07) is 9.99. The maximum absolute atomic E-state index is 12.4. The monoisotopic (exact) mass is 375 g/mol. The lowest BCUT2D eigenvalue weighted by molar-refractivity contribution is -0.123. The van der Waals surface area contributed by atoms with Gasteiger partial charge < -0.3 is 0 Å². The minimum Gasteiger partial charge on any atom is -0.267 e. The van der Waals surface area contributed by atoms with Crippen LogP contribution in [0.2, 0.25) is 5.02 Å². The van der Waals surface area contributed by atoms with E-state index < -0.39 is 5.91 Å². The molecule has 24 heavy (non-hydrogen) atoms. The van der Waals surface area contributed by atoms with Gasteiger partial charge in [-0.05, 0) is 54.2 Å². The summed E-state index contributed by atoms with van der Waals surface area (Å²) in [6.07, 6.45) is 4.97. The summed E-state index contributed by atoms with van der Waals surface area (Å²) in [5.41, 5.74) is 3.68. The van der Waals surface area contributed by atoms with Gasteiger partial charge in [-0.25, -0.2) is 0 Å². The molecule has 1 aliphatic rings. The van der Waals surface area contributed by atoms with E-state index >= 15 is 0 Å². The van der Waals surface area contributed by atoms with Crippen molar-refractivity contribution in [2.75, 3.05) is 0 Å². The van der Waals surface area contributed by atoms with Crippen LogP contribution < -0.4 is 5.43 Å². The highest BCUT2D eigenvalue weighted by Gasteiger charge is 2.33. The van der Waals surface area contributed by atoms with Crippen LogP contribution in [-0.2, 0) is 4.79 Å². The van der Waals surface area contributed by atoms with Crippen LogP contribution in [0.1, 0.15) is 15.9 Å². The molecule has 5 nitrogen and oxygen atoms in total. The van der Waals surface area contributed by atoms with Gasteiger partial charge in [0.15, 0.2) is 4.32 Å². The summed E-state index contributed by atoms with van der Waals surface area (Å²) in [7, 11) is 0. The predicted octanol–water partition coefficient (Wildman–Crippen LogP) is 3.28. The lowest BCUT2D eigenvalue weighted by Crippen LogP contribution is -2.44. The Balaban J connectivity index is 1.77. The molecular formula is C16H10ClN3O2S2. The first-order chi connectivity index (χ1) is 11.5. The molecule has 0 atom stereocenters. The number of pyridine rings is 1. The third-order valence-electron chi connectivity index (χ3n) is 3.10. The van der Waals surface area contributed by atoms with Crippen LogP contribution >= 0.6 is 35.6 Å². The number of thiocarbonyl (C=S) groups is 1. The average Bonchev–Trinajstić information content (AvgIpc) is 2.83. The number of carbonyl (C=O) groups is 2. The second-order valence-electron chi connectivity index (χ2n) is 4.75. The van der Waals surface area contributed by atoms with E-state index in [0.717, 1.165) is 22.3 Å². The molecule has 2 aromatic rings. The number of nitrogens with one attached hydrogen (secondary N) is 1. The first-order valence-corrected chi connectivity index (χ1v) is 8.39. The van der Waals surface area contributed by atoms with Crippen molar-refractivity contribution < 1.29 is 9.59 Å². The van der Waals surface area contributed by atoms with Gasteiger partial charge in [0.05, 0.1) is 4.91 Å². The van der Waals surface area contributed by atoms with Gasteiger partial charge in [0.1, 0.15) is 0 Å². The summed E-state index contributed by atoms with van der Waals surface area (Å²) < 4.78 is 0.260. The SMILES string of the molecule is O=C(NN1C(=O)/C(=C/c2ccncc2)SC1=S)c1cccc(Cl)c1. The number of hydrogen-bond acceptors (Lipinski definition) is 5. The molecule has 1 aliphatic heterocycles. The molecule has 0 saturated carbocycles. The van der Waals surface area contributed by atoms with E-state index in [1.807, 2.05) is 0 Å². The van der Waals surface area contributed by atoms with Crippen LogP contribution in [0, 0.1) is 0 Å². The van der Waals surface area contributed by atoms with Gasteiger partial charge in [-0.3, -0.25) is 20.0 Å². The average molecular weight is 376 g/mol. The van der Waals surface area contributed by atoms with Crippen molar-refractivity contribution in [2.45, 2.75) is 0 Å². The number of rotatable bonds is 3. The van der Waals surface area contributed by atoms with Gasteiger partial charge >= 0.3 is 0 Å². The van der Waals surface area contributed by atoms with Crippen molar-refractivity contribution in [3.05, 3.63) is 69.8 Å². The van der Waals surface area contributed by atoms with E-state index in [1.54, 1.807) is 48.8 Å². The standard InChI is InChI=1S/C16H10ClN3O2S2/c17-12-3-1-2-11(9-12)14(21)19-20-15(22)13(24-16(20)23)8-10-4-6-18-7-5-10/h1-9H,(H,19,21)/b13-8-. The summed E-state index contributed by atoms with van der Waals surface area (Å²) in [5.74, 6) is -0.837. The van der Waals surface area contributed by atoms with Crippen LogP contribution in [0.15, 0.2) is 53.7 Å². The molecule has 1 aromatic heterocycles. The molecule has 1 fully saturated rings. The van der Waals surface area contributed by atoms with Crippen LogP contribution in [0.25, 0.3) is 6.08 Å². The van der Waals surface area contributed by atoms with Gasteiger partial charge in [0.25, 0.3) is 11.8 Å². The minimum atomic E-state index is -0.459. The number of benzene rings is 1. The Kier molecular flexibility index (Phi) is 4.94. The summed E-state index contributed by atoms with van der Waals surface area (Å²) in [4.78, 5) is 29.0. The molecule has 0 spiro atoms. The van der Waals surface area contributed by atoms with Gasteiger partial charge in [-0.1, -0.05) is 29.4 Å². The second kappa shape index (κ2) is 7.12. The molecule has 2 heterocycles. The topological polar surface area (TPSA) is 62.3 Å². The zero-order chi connectivity index (χ0) is 17.1. The quantitative estimate of drug-likeness (QED) is 0.659. The molecule has 0 bridgehead atoms. The summed E-state index contributed by atoms with van der Waals surface area (Å²) >= 11 is 12.2. The number of carbonyl (C=O) groups excluding carboxylic acids is 2. The first kappa shape index (κ1) is 16.6. The molecule has 3 rings (SSSR count). The molecule has 2 amide bonds. The Morgan fingerprint density at radius 3 is 2.75 bits per heavy atom. The maximum Gasteiger partial charge on any atom is 0.285 e. The third kappa shape index (κ3) is 3.64. The minimum absolute atomic E-state index is 0.260. The van der Waals surface area contributed by atoms with Gasteiger partial charge in [-0.2, -0.15) is 5.01 Å². The first-order valence-electron chi connectivity index (χ1n) is 6.79. The summed E-state index contributed by atoms with van der Waals surface area (Å²) in [5, 5.41) is 1.50. The smallest absolute Gasteiger partial charge is 0.267 e. The van der Waals surface area contributed by atoms with E-state index in [2.05, 4.69) is 10.4 Å². The Morgan fingerprint density at radius 1 is 1.29 bits per heavy atom. The van der Waals surface area contributed by atoms with E-state index in [0.29, 0.717) is 15.5 Å². The number of thioether (sulfide) groups is 1. The highest BCUT2D eigenvalue weighted by Crippen LogP contribution is 2.31. The van der Waals surface area contributed by atoms with Crippen LogP contribution in [0.5, 0.6) is 0 Å². The van der Waals surface area contributed by atoms with E-state index in [4.69, 9.17) is 23.8 Å². The van der Waals surface area contributed by atoms with Crippen molar-refractivity contribution in [1.29, 1.82) is 0 Å². The molecule has 120 valence electrons.